The van der Waals surface area contributed by atoms with Gasteiger partial charge in [0, 0.05) is 23.9 Å². The van der Waals surface area contributed by atoms with Crippen LogP contribution in [-0.2, 0) is 14.3 Å². The molecule has 2 aromatic rings. The highest BCUT2D eigenvalue weighted by Gasteiger charge is 2.29. The Labute approximate surface area is 180 Å². The number of anilines is 1. The number of aliphatic hydroxyl groups excluding tert-OH is 1. The van der Waals surface area contributed by atoms with E-state index in [0.717, 1.165) is 6.08 Å². The number of carbonyl (C=O) groups is 2. The number of hydrogen-bond acceptors (Lipinski definition) is 7. The van der Waals surface area contributed by atoms with Crippen molar-refractivity contribution in [2.45, 2.75) is 19.1 Å². The highest BCUT2D eigenvalue weighted by molar-refractivity contribution is 5.86. The van der Waals surface area contributed by atoms with Crippen LogP contribution in [0.3, 0.4) is 0 Å². The molecule has 9 nitrogen and oxygen atoms in total. The van der Waals surface area contributed by atoms with Crippen molar-refractivity contribution in [2.75, 3.05) is 25.1 Å². The number of aliphatic hydroxyl groups is 1. The predicted molar refractivity (Wildman–Crippen MR) is 113 cm³/mol. The van der Waals surface area contributed by atoms with E-state index < -0.39 is 24.2 Å². The molecule has 2 amide bonds. The monoisotopic (exact) mass is 430 g/mol. The summed E-state index contributed by atoms with van der Waals surface area (Å²) in [6, 6.07) is 15.6. The number of nitrogens with one attached hydrogen (secondary N) is 2. The van der Waals surface area contributed by atoms with E-state index in [1.54, 1.807) is 55.5 Å². The van der Waals surface area contributed by atoms with E-state index in [-0.39, 0.29) is 19.8 Å². The van der Waals surface area contributed by atoms with Gasteiger partial charge in [-0.05, 0) is 31.2 Å². The summed E-state index contributed by atoms with van der Waals surface area (Å²) in [7, 11) is 0. The lowest BCUT2D eigenvalue weighted by Crippen LogP contribution is -2.28. The average Bonchev–Trinajstić information content (AvgIpc) is 2.79. The molecule has 0 heterocycles. The Bertz CT molecular complexity index is 858. The van der Waals surface area contributed by atoms with Crippen LogP contribution in [0.1, 0.15) is 18.6 Å². The van der Waals surface area contributed by atoms with E-state index in [2.05, 4.69) is 5.32 Å². The Hall–Kier alpha value is -3.40. The molecule has 0 saturated carbocycles. The van der Waals surface area contributed by atoms with E-state index in [9.17, 15) is 9.59 Å². The molecule has 9 heteroatoms. The summed E-state index contributed by atoms with van der Waals surface area (Å²) in [5.41, 5.74) is 2.52. The molecule has 166 valence electrons. The van der Waals surface area contributed by atoms with E-state index in [4.69, 9.17) is 24.5 Å². The summed E-state index contributed by atoms with van der Waals surface area (Å²) in [6.07, 6.45) is -0.164. The number of carbonyl (C=O) groups excluding carboxylic acids is 2. The summed E-state index contributed by atoms with van der Waals surface area (Å²) >= 11 is 0. The molecule has 0 aromatic heterocycles. The van der Waals surface area contributed by atoms with Gasteiger partial charge in [0.2, 0.25) is 0 Å². The minimum atomic E-state index is -0.999. The fourth-order valence-electron chi connectivity index (χ4n) is 2.75. The zero-order valence-electron chi connectivity index (χ0n) is 17.1. The summed E-state index contributed by atoms with van der Waals surface area (Å²) in [4.78, 5) is 24.1. The molecular formula is C22H26N2O7. The Kier molecular flexibility index (Phi) is 10.0. The number of para-hydroxylation sites is 2. The highest BCUT2D eigenvalue weighted by Crippen LogP contribution is 2.32. The van der Waals surface area contributed by atoms with Gasteiger partial charge in [0.15, 0.2) is 6.10 Å². The van der Waals surface area contributed by atoms with E-state index in [0.29, 0.717) is 17.0 Å². The zero-order chi connectivity index (χ0) is 22.5. The molecule has 0 fully saturated rings. The Balaban J connectivity index is 2.36. The van der Waals surface area contributed by atoms with Crippen LogP contribution in [0.4, 0.5) is 10.5 Å². The number of ether oxygens (including phenoxy) is 3. The minimum Gasteiger partial charge on any atom is -0.491 e. The van der Waals surface area contributed by atoms with Gasteiger partial charge < -0.3 is 19.3 Å². The number of benzene rings is 2. The van der Waals surface area contributed by atoms with Crippen molar-refractivity contribution in [3.05, 3.63) is 72.3 Å². The number of rotatable bonds is 11. The van der Waals surface area contributed by atoms with Gasteiger partial charge in [0.05, 0.1) is 6.61 Å². The van der Waals surface area contributed by atoms with Gasteiger partial charge in [-0.25, -0.2) is 10.3 Å². The maximum Gasteiger partial charge on any atom is 0.412 e. The first kappa shape index (κ1) is 23.9. The molecular weight excluding hydrogens is 404 g/mol. The fourth-order valence-corrected chi connectivity index (χ4v) is 2.75. The van der Waals surface area contributed by atoms with Crippen LogP contribution in [0.25, 0.3) is 0 Å². The topological polar surface area (TPSA) is 126 Å². The summed E-state index contributed by atoms with van der Waals surface area (Å²) in [6.45, 7) is 1.86. The van der Waals surface area contributed by atoms with Gasteiger partial charge in [-0.3, -0.25) is 15.3 Å². The Morgan fingerprint density at radius 3 is 2.48 bits per heavy atom. The van der Waals surface area contributed by atoms with Crippen LogP contribution in [-0.4, -0.2) is 48.2 Å². The first-order chi connectivity index (χ1) is 15.1. The van der Waals surface area contributed by atoms with Crippen LogP contribution in [0.15, 0.2) is 66.7 Å². The smallest absolute Gasteiger partial charge is 0.412 e. The lowest BCUT2D eigenvalue weighted by atomic mass is 10.0. The normalized spacial score (nSPS) is 12.7. The standard InChI is InChI=1S/C22H26N2O7/c1-2-29-19(12-13-20(26)24-28)21(17-10-6-7-11-18(17)30-15-14-25)31-22(27)23-16-8-4-3-5-9-16/h3-13,19,21,25,28H,2,14-15H2,1H3,(H,23,27)(H,24,26)/b13-12+/t19-,21-/m1/s1. The SMILES string of the molecule is CCO[C@H](/C=C/C(=O)NO)[C@H](OC(=O)Nc1ccccc1)c1ccccc1OCCO. The largest absolute Gasteiger partial charge is 0.491 e. The fraction of sp³-hybridized carbons (Fsp3) is 0.273. The van der Waals surface area contributed by atoms with Crippen LogP contribution >= 0.6 is 0 Å². The van der Waals surface area contributed by atoms with Crippen LogP contribution < -0.4 is 15.5 Å². The lowest BCUT2D eigenvalue weighted by molar-refractivity contribution is -0.124. The maximum atomic E-state index is 12.6. The Morgan fingerprint density at radius 1 is 1.10 bits per heavy atom. The van der Waals surface area contributed by atoms with E-state index in [1.165, 1.54) is 11.6 Å². The molecule has 2 atom stereocenters. The highest BCUT2D eigenvalue weighted by atomic mass is 16.6. The average molecular weight is 430 g/mol. The van der Waals surface area contributed by atoms with Gasteiger partial charge in [-0.15, -0.1) is 0 Å². The molecule has 0 aliphatic carbocycles. The van der Waals surface area contributed by atoms with E-state index in [1.807, 2.05) is 6.07 Å². The van der Waals surface area contributed by atoms with Crippen LogP contribution in [0, 0.1) is 0 Å². The van der Waals surface area contributed by atoms with Crippen LogP contribution in [0.5, 0.6) is 5.75 Å². The van der Waals surface area contributed by atoms with Crippen molar-refractivity contribution < 1.29 is 34.1 Å². The predicted octanol–water partition coefficient (Wildman–Crippen LogP) is 2.81. The third kappa shape index (κ3) is 7.74. The summed E-state index contributed by atoms with van der Waals surface area (Å²) < 4.78 is 17.0. The third-order valence-corrected chi connectivity index (χ3v) is 4.03. The molecule has 0 unspecified atom stereocenters. The first-order valence-corrected chi connectivity index (χ1v) is 9.68. The second-order valence-electron chi connectivity index (χ2n) is 6.18. The second kappa shape index (κ2) is 13.0. The molecule has 2 rings (SSSR count). The number of hydrogen-bond donors (Lipinski definition) is 4. The molecule has 0 radical (unpaired) electrons. The molecule has 0 aliphatic heterocycles. The van der Waals surface area contributed by atoms with Gasteiger partial charge in [0.25, 0.3) is 5.91 Å². The van der Waals surface area contributed by atoms with Gasteiger partial charge in [-0.2, -0.15) is 0 Å². The number of amides is 2. The molecule has 0 aliphatic rings. The van der Waals surface area contributed by atoms with Crippen molar-refractivity contribution in [1.29, 1.82) is 0 Å². The minimum absolute atomic E-state index is 0.0437. The number of hydroxylamine groups is 1. The van der Waals surface area contributed by atoms with Gasteiger partial charge in [0.1, 0.15) is 18.5 Å². The quantitative estimate of drug-likeness (QED) is 0.245. The summed E-state index contributed by atoms with van der Waals surface area (Å²) in [5, 5.41) is 20.5. The van der Waals surface area contributed by atoms with Crippen LogP contribution in [0.2, 0.25) is 0 Å². The van der Waals surface area contributed by atoms with Crippen molar-refractivity contribution >= 4 is 17.7 Å². The van der Waals surface area contributed by atoms with Crippen molar-refractivity contribution in [3.63, 3.8) is 0 Å². The molecule has 4 N–H and O–H groups in total. The molecule has 0 spiro atoms. The van der Waals surface area contributed by atoms with Crippen molar-refractivity contribution in [1.82, 2.24) is 5.48 Å². The van der Waals surface area contributed by atoms with Crippen molar-refractivity contribution in [3.8, 4) is 5.75 Å². The summed E-state index contributed by atoms with van der Waals surface area (Å²) in [5.74, 6) is -0.374. The van der Waals surface area contributed by atoms with E-state index >= 15 is 0 Å². The van der Waals surface area contributed by atoms with Gasteiger partial charge >= 0.3 is 6.09 Å². The first-order valence-electron chi connectivity index (χ1n) is 9.68. The third-order valence-electron chi connectivity index (χ3n) is 4.03. The molecule has 0 bridgehead atoms. The zero-order valence-corrected chi connectivity index (χ0v) is 17.1. The Morgan fingerprint density at radius 2 is 1.81 bits per heavy atom. The molecule has 31 heavy (non-hydrogen) atoms. The van der Waals surface area contributed by atoms with Gasteiger partial charge in [-0.1, -0.05) is 36.4 Å². The maximum absolute atomic E-state index is 12.6. The van der Waals surface area contributed by atoms with Crippen molar-refractivity contribution in [2.24, 2.45) is 0 Å². The molecule has 2 aromatic carbocycles. The molecule has 0 saturated heterocycles. The second-order valence-corrected chi connectivity index (χ2v) is 6.18. The lowest BCUT2D eigenvalue weighted by Gasteiger charge is -2.27.